The molecule has 2 aliphatic carbocycles. The number of fused-ring (bicyclic) bond motifs is 4. The molecule has 0 nitrogen and oxygen atoms in total. The van der Waals surface area contributed by atoms with E-state index < -0.39 is 18.8 Å². The van der Waals surface area contributed by atoms with Crippen molar-refractivity contribution in [3.63, 3.8) is 0 Å². The SMILES string of the molecule is [CH3][Zr]([CH2]c1ccccc1)([CH2]c1ccccc1)([CH2]c1ccccc1)[C]1=CC=c2ccc3c(c21)C=c1ccccc1=3. The summed E-state index contributed by atoms with van der Waals surface area (Å²) < 4.78 is 7.87. The maximum absolute atomic E-state index is 3.95. The van der Waals surface area contributed by atoms with Crippen LogP contribution in [0.5, 0.6) is 0 Å². The normalized spacial score (nSPS) is 14.2. The number of benzene rings is 5. The van der Waals surface area contributed by atoms with Crippen LogP contribution >= 0.6 is 0 Å². The zero-order chi connectivity index (χ0) is 26.3. The standard InChI is InChI=1S/C16H9.3C7H7.CH3.Zr/c1-2-6-14-12(4-1)10-16-13-7-3-5-11(13)8-9-15(14)16;3*1-7-5-3-2-4-6-7;;/h1-6,8-10H;3*2-6H,1H2;1H3;. The molecule has 0 radical (unpaired) electrons. The Hall–Kier alpha value is -3.54. The maximum atomic E-state index is 2.75. The van der Waals surface area contributed by atoms with Gasteiger partial charge in [0.05, 0.1) is 0 Å². The Morgan fingerprint density at radius 1 is 0.462 bits per heavy atom. The second-order valence-corrected chi connectivity index (χ2v) is 28.7. The molecule has 5 aromatic carbocycles. The molecule has 189 valence electrons. The third-order valence-corrected chi connectivity index (χ3v) is 24.8. The van der Waals surface area contributed by atoms with Gasteiger partial charge in [0.2, 0.25) is 0 Å². The summed E-state index contributed by atoms with van der Waals surface area (Å²) in [6.07, 6.45) is 7.38. The average molecular weight is 581 g/mol. The van der Waals surface area contributed by atoms with Gasteiger partial charge in [-0.2, -0.15) is 0 Å². The summed E-state index contributed by atoms with van der Waals surface area (Å²) >= 11 is -3.95. The summed E-state index contributed by atoms with van der Waals surface area (Å²) in [5, 5.41) is 5.46. The Bertz CT molecular complexity index is 1830. The molecule has 0 amide bonds. The van der Waals surface area contributed by atoms with Crippen LogP contribution in [0, 0.1) is 10.4 Å². The molecule has 5 aromatic rings. The van der Waals surface area contributed by atoms with Crippen molar-refractivity contribution in [2.24, 2.45) is 0 Å². The van der Waals surface area contributed by atoms with Crippen molar-refractivity contribution < 1.29 is 18.8 Å². The minimum atomic E-state index is -3.95. The van der Waals surface area contributed by atoms with E-state index in [-0.39, 0.29) is 0 Å². The predicted octanol–water partition coefficient (Wildman–Crippen LogP) is 7.59. The van der Waals surface area contributed by atoms with Gasteiger partial charge in [0.1, 0.15) is 0 Å². The van der Waals surface area contributed by atoms with E-state index in [1.807, 2.05) is 0 Å². The van der Waals surface area contributed by atoms with Crippen molar-refractivity contribution in [3.05, 3.63) is 182 Å². The molecule has 0 saturated carbocycles. The number of hydrogen-bond acceptors (Lipinski definition) is 0. The van der Waals surface area contributed by atoms with E-state index >= 15 is 0 Å². The Morgan fingerprint density at radius 3 is 1.54 bits per heavy atom. The summed E-state index contributed by atoms with van der Waals surface area (Å²) in [7, 11) is 0. The van der Waals surface area contributed by atoms with Crippen LogP contribution in [0.15, 0.2) is 133 Å². The average Bonchev–Trinajstić information content (AvgIpc) is 3.57. The van der Waals surface area contributed by atoms with Gasteiger partial charge in [-0.3, -0.25) is 0 Å². The summed E-state index contributed by atoms with van der Waals surface area (Å²) in [6, 6.07) is 47.4. The van der Waals surface area contributed by atoms with Crippen LogP contribution in [0.1, 0.15) is 27.8 Å². The van der Waals surface area contributed by atoms with Gasteiger partial charge in [-0.25, -0.2) is 0 Å². The van der Waals surface area contributed by atoms with E-state index in [2.05, 4.69) is 150 Å². The third kappa shape index (κ3) is 4.34. The van der Waals surface area contributed by atoms with Crippen LogP contribution < -0.4 is 10.4 Å². The topological polar surface area (TPSA) is 0 Å². The Kier molecular flexibility index (Phi) is 6.02. The zero-order valence-electron chi connectivity index (χ0n) is 22.5. The molecule has 2 aliphatic rings. The summed E-state index contributed by atoms with van der Waals surface area (Å²) in [4.78, 5) is 0. The van der Waals surface area contributed by atoms with Crippen molar-refractivity contribution in [2.45, 2.75) is 17.0 Å². The molecule has 0 unspecified atom stereocenters. The van der Waals surface area contributed by atoms with Gasteiger partial charge in [-0.05, 0) is 0 Å². The molecule has 0 saturated heterocycles. The van der Waals surface area contributed by atoms with Crippen molar-refractivity contribution in [3.8, 4) is 0 Å². The van der Waals surface area contributed by atoms with Crippen molar-refractivity contribution in [2.75, 3.05) is 0 Å². The zero-order valence-corrected chi connectivity index (χ0v) is 24.9. The van der Waals surface area contributed by atoms with Crippen LogP contribution in [0.4, 0.5) is 0 Å². The molecule has 0 aromatic heterocycles. The van der Waals surface area contributed by atoms with Gasteiger partial charge >= 0.3 is 233 Å². The fourth-order valence-electron chi connectivity index (χ4n) is 7.44. The Balaban J connectivity index is 1.51. The molecule has 0 atom stereocenters. The van der Waals surface area contributed by atoms with Gasteiger partial charge in [0.15, 0.2) is 0 Å². The van der Waals surface area contributed by atoms with Gasteiger partial charge in [0.25, 0.3) is 0 Å². The van der Waals surface area contributed by atoms with Gasteiger partial charge in [-0.1, -0.05) is 0 Å². The first-order valence-electron chi connectivity index (χ1n) is 14.1. The number of hydrogen-bond donors (Lipinski definition) is 0. The van der Waals surface area contributed by atoms with Crippen LogP contribution in [0.3, 0.4) is 0 Å². The predicted molar refractivity (Wildman–Crippen MR) is 162 cm³/mol. The number of rotatable bonds is 7. The summed E-state index contributed by atoms with van der Waals surface area (Å²) in [5.41, 5.74) is 7.31. The molecule has 0 bridgehead atoms. The Labute approximate surface area is 232 Å². The second-order valence-electron chi connectivity index (χ2n) is 12.0. The first-order valence-corrected chi connectivity index (χ1v) is 23.0. The van der Waals surface area contributed by atoms with Gasteiger partial charge < -0.3 is 0 Å². The molecule has 39 heavy (non-hydrogen) atoms. The van der Waals surface area contributed by atoms with Crippen LogP contribution in [-0.2, 0) is 31.2 Å². The van der Waals surface area contributed by atoms with Crippen molar-refractivity contribution in [1.29, 1.82) is 0 Å². The quantitative estimate of drug-likeness (QED) is 0.183. The van der Waals surface area contributed by atoms with E-state index in [0.717, 1.165) is 12.4 Å². The molecular formula is C38H33Zr. The molecule has 0 heterocycles. The molecular weight excluding hydrogens is 548 g/mol. The monoisotopic (exact) mass is 579 g/mol. The number of allylic oxidation sites excluding steroid dienone is 1. The van der Waals surface area contributed by atoms with Crippen LogP contribution in [-0.4, -0.2) is 0 Å². The van der Waals surface area contributed by atoms with Crippen LogP contribution in [0.2, 0.25) is 4.63 Å². The molecule has 7 rings (SSSR count). The van der Waals surface area contributed by atoms with E-state index in [1.54, 1.807) is 3.28 Å². The van der Waals surface area contributed by atoms with Crippen molar-refractivity contribution >= 4 is 15.4 Å². The van der Waals surface area contributed by atoms with E-state index in [9.17, 15) is 0 Å². The van der Waals surface area contributed by atoms with Crippen molar-refractivity contribution in [1.82, 2.24) is 0 Å². The minimum absolute atomic E-state index is 1.15. The van der Waals surface area contributed by atoms with E-state index in [1.165, 1.54) is 48.7 Å². The Morgan fingerprint density at radius 2 is 0.974 bits per heavy atom. The molecule has 0 N–H and O–H groups in total. The van der Waals surface area contributed by atoms with Crippen LogP contribution in [0.25, 0.3) is 15.4 Å². The second kappa shape index (κ2) is 9.58. The molecule has 1 heteroatoms. The van der Waals surface area contributed by atoms with Gasteiger partial charge in [0, 0.05) is 0 Å². The molecule has 0 spiro atoms. The third-order valence-electron chi connectivity index (χ3n) is 9.05. The first-order chi connectivity index (χ1) is 19.1. The van der Waals surface area contributed by atoms with E-state index in [4.69, 9.17) is 0 Å². The molecule has 0 aliphatic heterocycles. The molecule has 0 fully saturated rings. The summed E-state index contributed by atoms with van der Waals surface area (Å²) in [5.74, 6) is 0. The van der Waals surface area contributed by atoms with E-state index in [0.29, 0.717) is 0 Å². The fourth-order valence-corrected chi connectivity index (χ4v) is 24.4. The first kappa shape index (κ1) is 24.5. The summed E-state index contributed by atoms with van der Waals surface area (Å²) in [6.45, 7) is 0. The fraction of sp³-hybridized carbons (Fsp3) is 0.105. The van der Waals surface area contributed by atoms with Gasteiger partial charge in [-0.15, -0.1) is 0 Å².